The Balaban J connectivity index is 1.01. The molecule has 15 nitrogen and oxygen atoms in total. The van der Waals surface area contributed by atoms with Gasteiger partial charge in [-0.05, 0) is 84.6 Å². The van der Waals surface area contributed by atoms with E-state index >= 15 is 0 Å². The number of carbonyl (C=O) groups excluding carboxylic acids is 3. The van der Waals surface area contributed by atoms with Crippen LogP contribution >= 0.6 is 0 Å². The van der Waals surface area contributed by atoms with Crippen LogP contribution in [0.3, 0.4) is 0 Å². The molecular weight excluding hydrogens is 883 g/mol. The third-order valence-corrected chi connectivity index (χ3v) is 14.9. The zero-order valence-electron chi connectivity index (χ0n) is 42.5. The lowest BCUT2D eigenvalue weighted by Gasteiger charge is -2.34. The van der Waals surface area contributed by atoms with Crippen LogP contribution in [0, 0.1) is 11.8 Å². The summed E-state index contributed by atoms with van der Waals surface area (Å²) in [6.45, 7) is 15.5. The number of carbonyl (C=O) groups is 4. The van der Waals surface area contributed by atoms with Crippen LogP contribution in [0.4, 0.5) is 15.3 Å². The highest BCUT2D eigenvalue weighted by Gasteiger charge is 2.42. The van der Waals surface area contributed by atoms with Crippen molar-refractivity contribution in [3.8, 4) is 22.5 Å². The number of nitrogens with one attached hydrogen (secondary N) is 2. The topological polar surface area (TPSA) is 171 Å². The van der Waals surface area contributed by atoms with Crippen LogP contribution in [0.1, 0.15) is 139 Å². The number of nitrogens with zero attached hydrogens (tertiary/aromatic N) is 7. The number of amides is 4. The van der Waals surface area contributed by atoms with Crippen molar-refractivity contribution >= 4 is 29.7 Å². The van der Waals surface area contributed by atoms with E-state index in [1.54, 1.807) is 11.9 Å². The number of rotatable bonds is 13. The lowest BCUT2D eigenvalue weighted by Crippen LogP contribution is -2.51. The van der Waals surface area contributed by atoms with Crippen LogP contribution < -0.4 is 4.90 Å². The number of likely N-dealkylation sites (tertiary alicyclic amines) is 2. The maximum atomic E-state index is 14.0. The Kier molecular flexibility index (Phi) is 14.5. The minimum absolute atomic E-state index is 0.0225. The van der Waals surface area contributed by atoms with Gasteiger partial charge in [-0.2, -0.15) is 0 Å². The van der Waals surface area contributed by atoms with Crippen molar-refractivity contribution in [1.82, 2.24) is 39.5 Å². The zero-order valence-corrected chi connectivity index (χ0v) is 42.5. The SMILES string of the molecule is COC(=O)N(C)[C@H](C(=O)N1CCC[C@H]1c1nc(-c2ccc([C@H]3CC[C@H](c4ccc(-c5c[nH]c([C@@H]6CCCN6C(=O)[C@H](C(C)C)N(C)C(=O)O)n5)cc4)N3c3ccc(C(C)(C)C)cc3)cc2)c[nH]1)C(C)C. The average molecular weight is 954 g/mol. The number of aromatic nitrogens is 4. The molecule has 8 rings (SSSR count). The Morgan fingerprint density at radius 3 is 1.46 bits per heavy atom. The molecule has 3 saturated heterocycles. The molecule has 2 aromatic heterocycles. The first-order valence-corrected chi connectivity index (χ1v) is 25.0. The van der Waals surface area contributed by atoms with Gasteiger partial charge in [0.2, 0.25) is 11.8 Å². The zero-order chi connectivity index (χ0) is 50.2. The van der Waals surface area contributed by atoms with Gasteiger partial charge in [0.1, 0.15) is 23.7 Å². The van der Waals surface area contributed by atoms with Gasteiger partial charge in [0.15, 0.2) is 0 Å². The summed E-state index contributed by atoms with van der Waals surface area (Å²) in [5, 5.41) is 9.72. The van der Waals surface area contributed by atoms with Gasteiger partial charge in [-0.25, -0.2) is 19.6 Å². The number of likely N-dealkylation sites (N-methyl/N-ethyl adjacent to an activating group) is 2. The smallest absolute Gasteiger partial charge is 0.409 e. The lowest BCUT2D eigenvalue weighted by atomic mass is 9.87. The molecule has 4 amide bonds. The minimum Gasteiger partial charge on any atom is -0.465 e. The summed E-state index contributed by atoms with van der Waals surface area (Å²) in [7, 11) is 4.41. The Morgan fingerprint density at radius 1 is 0.643 bits per heavy atom. The monoisotopic (exact) mass is 954 g/mol. The van der Waals surface area contributed by atoms with E-state index in [4.69, 9.17) is 14.7 Å². The number of anilines is 1. The average Bonchev–Trinajstić information content (AvgIpc) is 4.20. The van der Waals surface area contributed by atoms with Gasteiger partial charge in [-0.15, -0.1) is 0 Å². The fraction of sp³-hybridized carbons (Fsp3) is 0.491. The van der Waals surface area contributed by atoms with Crippen LogP contribution in [-0.4, -0.2) is 115 Å². The fourth-order valence-corrected chi connectivity index (χ4v) is 11.2. The van der Waals surface area contributed by atoms with Crippen LogP contribution in [0.2, 0.25) is 0 Å². The Hall–Kier alpha value is -6.64. The Labute approximate surface area is 412 Å². The van der Waals surface area contributed by atoms with Gasteiger partial charge >= 0.3 is 12.2 Å². The van der Waals surface area contributed by atoms with Gasteiger partial charge in [0, 0.05) is 56.4 Å². The highest BCUT2D eigenvalue weighted by molar-refractivity contribution is 5.87. The molecule has 372 valence electrons. The second-order valence-corrected chi connectivity index (χ2v) is 21.1. The fourth-order valence-electron chi connectivity index (χ4n) is 11.2. The molecule has 0 aliphatic carbocycles. The Bertz CT molecular complexity index is 2630. The van der Waals surface area contributed by atoms with E-state index in [2.05, 4.69) is 108 Å². The summed E-state index contributed by atoms with van der Waals surface area (Å²) in [5.74, 6) is 0.881. The number of H-pyrrole nitrogens is 2. The van der Waals surface area contributed by atoms with E-state index in [-0.39, 0.29) is 53.2 Å². The summed E-state index contributed by atoms with van der Waals surface area (Å²) in [6.07, 6.45) is 7.30. The van der Waals surface area contributed by atoms with Gasteiger partial charge in [0.25, 0.3) is 0 Å². The Morgan fingerprint density at radius 2 is 1.07 bits per heavy atom. The number of ether oxygens (including phenoxy) is 1. The second kappa shape index (κ2) is 20.4. The van der Waals surface area contributed by atoms with E-state index in [1.807, 2.05) is 45.0 Å². The first-order chi connectivity index (χ1) is 33.4. The van der Waals surface area contributed by atoms with Crippen LogP contribution in [-0.2, 0) is 19.7 Å². The predicted octanol–water partition coefficient (Wildman–Crippen LogP) is 10.5. The van der Waals surface area contributed by atoms with Crippen molar-refractivity contribution in [2.24, 2.45) is 11.8 Å². The van der Waals surface area contributed by atoms with E-state index in [9.17, 15) is 24.3 Å². The van der Waals surface area contributed by atoms with Gasteiger partial charge in [0.05, 0.1) is 42.7 Å². The molecule has 5 aromatic rings. The number of hydrogen-bond acceptors (Lipinski definition) is 8. The second-order valence-electron chi connectivity index (χ2n) is 21.1. The largest absolute Gasteiger partial charge is 0.465 e. The molecule has 70 heavy (non-hydrogen) atoms. The first-order valence-electron chi connectivity index (χ1n) is 25.0. The molecule has 0 saturated carbocycles. The molecule has 3 fully saturated rings. The minimum atomic E-state index is -1.12. The molecule has 3 aliphatic rings. The first kappa shape index (κ1) is 49.8. The van der Waals surface area contributed by atoms with Crippen molar-refractivity contribution in [3.05, 3.63) is 114 Å². The molecule has 3 aliphatic heterocycles. The number of methoxy groups -OCH3 is 1. The number of benzene rings is 3. The van der Waals surface area contributed by atoms with E-state index in [1.165, 1.54) is 41.4 Å². The number of aromatic amines is 2. The summed E-state index contributed by atoms with van der Waals surface area (Å²) in [4.78, 5) is 77.7. The normalized spacial score (nSPS) is 20.3. The molecule has 3 aromatic carbocycles. The summed E-state index contributed by atoms with van der Waals surface area (Å²) in [6, 6.07) is 24.8. The van der Waals surface area contributed by atoms with Gasteiger partial charge in [-0.1, -0.05) is 109 Å². The standard InChI is InChI=1S/C55H71N9O6/c1-33(2)47(60(8)53(67)68)51(65)62-29-11-13-45(62)49-56-31-41(58-49)35-15-19-37(20-16-35)43-27-28-44(64(43)40-25-23-39(24-26-40)55(5,6)7)38-21-17-36(18-22-38)42-32-57-50(59-42)46-14-12-30-63(46)52(66)48(34(3)4)61(9)54(69)70-10/h15-26,31-34,43-48H,11-14,27-30H2,1-10H3,(H,56,58)(H,57,59)(H,67,68)/t43-,44-,45+,46+,47+,48+/m1/s1. The molecule has 6 atom stereocenters. The van der Waals surface area contributed by atoms with Crippen LogP contribution in [0.5, 0.6) is 0 Å². The predicted molar refractivity (Wildman–Crippen MR) is 271 cm³/mol. The maximum Gasteiger partial charge on any atom is 0.409 e. The quantitative estimate of drug-likeness (QED) is 0.104. The maximum absolute atomic E-state index is 14.0. The summed E-state index contributed by atoms with van der Waals surface area (Å²) >= 11 is 0. The molecule has 0 bridgehead atoms. The number of imidazole rings is 2. The molecular formula is C55H71N9O6. The number of hydrogen-bond donors (Lipinski definition) is 3. The molecule has 3 N–H and O–H groups in total. The van der Waals surface area contributed by atoms with Crippen LogP contribution in [0.25, 0.3) is 22.5 Å². The van der Waals surface area contributed by atoms with Crippen molar-refractivity contribution in [2.75, 3.05) is 39.2 Å². The highest BCUT2D eigenvalue weighted by Crippen LogP contribution is 2.48. The van der Waals surface area contributed by atoms with E-state index in [0.29, 0.717) is 18.9 Å². The summed E-state index contributed by atoms with van der Waals surface area (Å²) in [5.41, 5.74) is 8.47. The number of carboxylic acid groups (broad SMARTS) is 1. The molecule has 5 heterocycles. The molecule has 15 heteroatoms. The third kappa shape index (κ3) is 9.89. The van der Waals surface area contributed by atoms with Crippen molar-refractivity contribution in [1.29, 1.82) is 0 Å². The molecule has 0 unspecified atom stereocenters. The van der Waals surface area contributed by atoms with E-state index in [0.717, 1.165) is 71.8 Å². The highest BCUT2D eigenvalue weighted by atomic mass is 16.5. The van der Waals surface area contributed by atoms with Gasteiger partial charge in [-0.3, -0.25) is 19.4 Å². The lowest BCUT2D eigenvalue weighted by molar-refractivity contribution is -0.139. The summed E-state index contributed by atoms with van der Waals surface area (Å²) < 4.78 is 4.96. The van der Waals surface area contributed by atoms with E-state index < -0.39 is 24.3 Å². The van der Waals surface area contributed by atoms with Crippen LogP contribution in [0.15, 0.2) is 85.2 Å². The molecule has 0 radical (unpaired) electrons. The molecule has 0 spiro atoms. The van der Waals surface area contributed by atoms with Gasteiger partial charge < -0.3 is 34.5 Å². The third-order valence-electron chi connectivity index (χ3n) is 14.9. The van der Waals surface area contributed by atoms with Crippen molar-refractivity contribution < 1.29 is 29.0 Å². The van der Waals surface area contributed by atoms with Crippen molar-refractivity contribution in [3.63, 3.8) is 0 Å². The van der Waals surface area contributed by atoms with Crippen molar-refractivity contribution in [2.45, 2.75) is 129 Å².